The van der Waals surface area contributed by atoms with Gasteiger partial charge in [-0.1, -0.05) is 23.4 Å². The summed E-state index contributed by atoms with van der Waals surface area (Å²) in [5.41, 5.74) is 0.539. The molecule has 2 aromatic heterocycles. The molecule has 1 amide bonds. The van der Waals surface area contributed by atoms with Gasteiger partial charge in [0, 0.05) is 38.3 Å². The van der Waals surface area contributed by atoms with Gasteiger partial charge in [-0.3, -0.25) is 9.78 Å². The van der Waals surface area contributed by atoms with Gasteiger partial charge in [0.25, 0.3) is 0 Å². The molecule has 3 heterocycles. The lowest BCUT2D eigenvalue weighted by Crippen LogP contribution is -2.41. The molecule has 0 N–H and O–H groups in total. The van der Waals surface area contributed by atoms with E-state index < -0.39 is 9.84 Å². The van der Waals surface area contributed by atoms with Crippen LogP contribution in [0.15, 0.2) is 58.3 Å². The Bertz CT molecular complexity index is 1120. The molecule has 0 spiro atoms. The van der Waals surface area contributed by atoms with Crippen molar-refractivity contribution in [2.75, 3.05) is 18.8 Å². The molecule has 162 valence electrons. The van der Waals surface area contributed by atoms with Crippen LogP contribution in [0.2, 0.25) is 0 Å². The van der Waals surface area contributed by atoms with E-state index >= 15 is 0 Å². The zero-order chi connectivity index (χ0) is 21.7. The van der Waals surface area contributed by atoms with Gasteiger partial charge in [-0.2, -0.15) is 4.98 Å². The Morgan fingerprint density at radius 2 is 2.03 bits per heavy atom. The third-order valence-electron chi connectivity index (χ3n) is 5.28. The number of sulfone groups is 1. The fraction of sp³-hybridized carbons (Fsp3) is 0.381. The van der Waals surface area contributed by atoms with Gasteiger partial charge in [0.1, 0.15) is 5.69 Å². The Labute approximate surface area is 180 Å². The summed E-state index contributed by atoms with van der Waals surface area (Å²) in [6.07, 6.45) is 7.03. The largest absolute Gasteiger partial charge is 0.342 e. The summed E-state index contributed by atoms with van der Waals surface area (Å²) in [5, 5.41) is 3.96. The summed E-state index contributed by atoms with van der Waals surface area (Å²) in [4.78, 5) is 27.2. The maximum atomic E-state index is 12.7. The molecule has 1 saturated heterocycles. The molecule has 1 aromatic carbocycles. The summed E-state index contributed by atoms with van der Waals surface area (Å²) in [5.74, 6) is 0.723. The molecule has 31 heavy (non-hydrogen) atoms. The molecule has 1 fully saturated rings. The Morgan fingerprint density at radius 1 is 1.19 bits per heavy atom. The lowest BCUT2D eigenvalue weighted by atomic mass is 9.94. The summed E-state index contributed by atoms with van der Waals surface area (Å²) in [7, 11) is -3.47. The van der Waals surface area contributed by atoms with Crippen molar-refractivity contribution in [2.24, 2.45) is 5.92 Å². The molecule has 9 nitrogen and oxygen atoms in total. The second-order valence-electron chi connectivity index (χ2n) is 7.54. The number of amides is 1. The van der Waals surface area contributed by atoms with Crippen LogP contribution in [0.25, 0.3) is 11.5 Å². The second-order valence-corrected chi connectivity index (χ2v) is 9.65. The van der Waals surface area contributed by atoms with E-state index in [1.165, 1.54) is 0 Å². The van der Waals surface area contributed by atoms with E-state index in [0.717, 1.165) is 12.8 Å². The Kier molecular flexibility index (Phi) is 6.36. The van der Waals surface area contributed by atoms with E-state index in [9.17, 15) is 13.2 Å². The van der Waals surface area contributed by atoms with E-state index in [4.69, 9.17) is 4.52 Å². The minimum atomic E-state index is -3.47. The number of hydrogen-bond donors (Lipinski definition) is 0. The van der Waals surface area contributed by atoms with E-state index in [2.05, 4.69) is 20.1 Å². The van der Waals surface area contributed by atoms with Crippen LogP contribution < -0.4 is 0 Å². The van der Waals surface area contributed by atoms with Crippen molar-refractivity contribution in [2.45, 2.75) is 30.6 Å². The van der Waals surface area contributed by atoms with Crippen molar-refractivity contribution in [1.29, 1.82) is 0 Å². The number of nitrogens with zero attached hydrogens (tertiary/aromatic N) is 5. The van der Waals surface area contributed by atoms with Gasteiger partial charge in [0.2, 0.25) is 17.6 Å². The van der Waals surface area contributed by atoms with Crippen LogP contribution in [-0.4, -0.2) is 58.2 Å². The molecule has 3 aromatic rings. The minimum absolute atomic E-state index is 0.0265. The molecule has 4 rings (SSSR count). The molecule has 10 heteroatoms. The van der Waals surface area contributed by atoms with E-state index in [1.807, 2.05) is 0 Å². The Morgan fingerprint density at radius 3 is 2.81 bits per heavy atom. The van der Waals surface area contributed by atoms with Crippen molar-refractivity contribution >= 4 is 15.7 Å². The molecule has 0 bridgehead atoms. The first-order valence-electron chi connectivity index (χ1n) is 10.2. The number of carbonyl (C=O) groups excluding carboxylic acids is 1. The van der Waals surface area contributed by atoms with E-state index in [0.29, 0.717) is 36.9 Å². The topological polar surface area (TPSA) is 119 Å². The number of carbonyl (C=O) groups is 1. The first-order chi connectivity index (χ1) is 15.0. The molecule has 0 saturated carbocycles. The van der Waals surface area contributed by atoms with Gasteiger partial charge in [-0.25, -0.2) is 13.4 Å². The first kappa shape index (κ1) is 21.1. The van der Waals surface area contributed by atoms with Crippen LogP contribution >= 0.6 is 0 Å². The fourth-order valence-electron chi connectivity index (χ4n) is 3.69. The molecular weight excluding hydrogens is 418 g/mol. The summed E-state index contributed by atoms with van der Waals surface area (Å²) >= 11 is 0. The summed E-state index contributed by atoms with van der Waals surface area (Å²) in [6, 6.07) is 8.22. The average molecular weight is 442 g/mol. The summed E-state index contributed by atoms with van der Waals surface area (Å²) < 4.78 is 30.2. The Balaban J connectivity index is 1.32. The highest BCUT2D eigenvalue weighted by Crippen LogP contribution is 2.22. The maximum absolute atomic E-state index is 12.7. The van der Waals surface area contributed by atoms with Crippen molar-refractivity contribution < 1.29 is 17.7 Å². The number of benzene rings is 1. The normalized spacial score (nSPS) is 16.9. The molecule has 0 unspecified atom stereocenters. The number of aromatic nitrogens is 4. The third-order valence-corrected chi connectivity index (χ3v) is 7.01. The van der Waals surface area contributed by atoms with Crippen LogP contribution in [0.4, 0.5) is 0 Å². The molecule has 0 aliphatic carbocycles. The smallest absolute Gasteiger partial charge is 0.227 e. The molecule has 0 radical (unpaired) electrons. The lowest BCUT2D eigenvalue weighted by molar-refractivity contribution is -0.132. The average Bonchev–Trinajstić information content (AvgIpc) is 3.27. The van der Waals surface area contributed by atoms with Gasteiger partial charge in [0.15, 0.2) is 9.84 Å². The Hall–Kier alpha value is -3.14. The monoisotopic (exact) mass is 441 g/mol. The predicted molar refractivity (Wildman–Crippen MR) is 111 cm³/mol. The summed E-state index contributed by atoms with van der Waals surface area (Å²) in [6.45, 7) is 1.18. The fourth-order valence-corrected chi connectivity index (χ4v) is 4.94. The van der Waals surface area contributed by atoms with Gasteiger partial charge in [-0.05, 0) is 30.9 Å². The van der Waals surface area contributed by atoms with Crippen molar-refractivity contribution in [3.8, 4) is 11.5 Å². The number of rotatable bonds is 7. The highest BCUT2D eigenvalue weighted by atomic mass is 32.2. The SMILES string of the molecule is O=C(CCS(=O)(=O)c1ccccc1)N1CCC[C@@H](Cc2nc(-c3cnccn3)no2)C1. The van der Waals surface area contributed by atoms with Crippen LogP contribution in [0.5, 0.6) is 0 Å². The third kappa shape index (κ3) is 5.32. The number of piperidine rings is 1. The van der Waals surface area contributed by atoms with Crippen molar-refractivity contribution in [3.63, 3.8) is 0 Å². The highest BCUT2D eigenvalue weighted by molar-refractivity contribution is 7.91. The number of hydrogen-bond acceptors (Lipinski definition) is 8. The second kappa shape index (κ2) is 9.34. The van der Waals surface area contributed by atoms with Gasteiger partial charge in [0.05, 0.1) is 16.8 Å². The van der Waals surface area contributed by atoms with E-state index in [1.54, 1.807) is 53.8 Å². The van der Waals surface area contributed by atoms with Crippen LogP contribution in [-0.2, 0) is 21.1 Å². The molecule has 1 aliphatic rings. The van der Waals surface area contributed by atoms with Crippen LogP contribution in [0, 0.1) is 5.92 Å². The molecule has 1 atom stereocenters. The highest BCUT2D eigenvalue weighted by Gasteiger charge is 2.27. The maximum Gasteiger partial charge on any atom is 0.227 e. The van der Waals surface area contributed by atoms with Crippen molar-refractivity contribution in [1.82, 2.24) is 25.0 Å². The van der Waals surface area contributed by atoms with Crippen molar-refractivity contribution in [3.05, 3.63) is 54.8 Å². The first-order valence-corrected chi connectivity index (χ1v) is 11.8. The quantitative estimate of drug-likeness (QED) is 0.547. The standard InChI is InChI=1S/C21H23N5O4S/c27-20(8-12-31(28,29)17-6-2-1-3-7-17)26-11-4-5-16(15-26)13-19-24-21(25-30-19)18-14-22-9-10-23-18/h1-3,6-7,9-10,14,16H,4-5,8,11-13,15H2/t16-/m0/s1. The predicted octanol–water partition coefficient (Wildman–Crippen LogP) is 2.17. The zero-order valence-electron chi connectivity index (χ0n) is 16.9. The lowest BCUT2D eigenvalue weighted by Gasteiger charge is -2.32. The van der Waals surface area contributed by atoms with E-state index in [-0.39, 0.29) is 28.9 Å². The van der Waals surface area contributed by atoms with Gasteiger partial charge >= 0.3 is 0 Å². The molecular formula is C21H23N5O4S. The minimum Gasteiger partial charge on any atom is -0.342 e. The van der Waals surface area contributed by atoms with Gasteiger partial charge in [-0.15, -0.1) is 0 Å². The number of likely N-dealkylation sites (tertiary alicyclic amines) is 1. The van der Waals surface area contributed by atoms with Crippen LogP contribution in [0.3, 0.4) is 0 Å². The van der Waals surface area contributed by atoms with Crippen LogP contribution in [0.1, 0.15) is 25.2 Å². The molecule has 1 aliphatic heterocycles. The zero-order valence-corrected chi connectivity index (χ0v) is 17.7. The van der Waals surface area contributed by atoms with Gasteiger partial charge < -0.3 is 9.42 Å².